The molecule has 0 aliphatic heterocycles. The molecule has 0 atom stereocenters. The lowest BCUT2D eigenvalue weighted by molar-refractivity contribution is 0.0948. The number of fused-ring (bicyclic) bond motifs is 1. The fraction of sp³-hybridized carbons (Fsp3) is 0.0833. The standard InChI is InChI=1S/C24H18FN5O2S/c25-18-6-8-19(9-7-18)30-22-21(13-29-30)24(28-15-27-22)33-14-16-3-1-4-17(11-16)23(31)26-12-20-5-2-10-32-20/h1-11,13,15H,12,14H2,(H,26,31). The lowest BCUT2D eigenvalue weighted by atomic mass is 10.1. The van der Waals surface area contributed by atoms with Gasteiger partial charge in [-0.15, -0.1) is 11.8 Å². The number of aromatic nitrogens is 4. The normalized spacial score (nSPS) is 11.1. The van der Waals surface area contributed by atoms with Crippen LogP contribution in [0.15, 0.2) is 88.9 Å². The van der Waals surface area contributed by atoms with Crippen molar-refractivity contribution < 1.29 is 13.6 Å². The minimum atomic E-state index is -0.307. The van der Waals surface area contributed by atoms with Crippen molar-refractivity contribution in [3.8, 4) is 5.69 Å². The van der Waals surface area contributed by atoms with Crippen LogP contribution in [0.25, 0.3) is 16.7 Å². The van der Waals surface area contributed by atoms with Gasteiger partial charge in [-0.2, -0.15) is 5.10 Å². The van der Waals surface area contributed by atoms with E-state index in [2.05, 4.69) is 20.4 Å². The molecular weight excluding hydrogens is 441 g/mol. The van der Waals surface area contributed by atoms with E-state index in [1.165, 1.54) is 30.2 Å². The van der Waals surface area contributed by atoms with Gasteiger partial charge in [-0.1, -0.05) is 12.1 Å². The number of halogens is 1. The molecule has 33 heavy (non-hydrogen) atoms. The van der Waals surface area contributed by atoms with Crippen LogP contribution in [0.1, 0.15) is 21.7 Å². The molecule has 0 saturated carbocycles. The smallest absolute Gasteiger partial charge is 0.251 e. The number of carbonyl (C=O) groups excluding carboxylic acids is 1. The van der Waals surface area contributed by atoms with Crippen LogP contribution < -0.4 is 5.32 Å². The summed E-state index contributed by atoms with van der Waals surface area (Å²) in [6, 6.07) is 17.1. The van der Waals surface area contributed by atoms with Gasteiger partial charge in [0.2, 0.25) is 0 Å². The topological polar surface area (TPSA) is 85.8 Å². The summed E-state index contributed by atoms with van der Waals surface area (Å²) in [6.45, 7) is 0.335. The Bertz CT molecular complexity index is 1400. The Kier molecular flexibility index (Phi) is 5.86. The third kappa shape index (κ3) is 4.63. The zero-order valence-corrected chi connectivity index (χ0v) is 18.1. The Morgan fingerprint density at radius 2 is 1.97 bits per heavy atom. The van der Waals surface area contributed by atoms with Crippen LogP contribution in [-0.4, -0.2) is 25.7 Å². The third-order valence-corrected chi connectivity index (χ3v) is 6.04. The molecule has 9 heteroatoms. The van der Waals surface area contributed by atoms with Crippen LogP contribution >= 0.6 is 11.8 Å². The molecule has 0 spiro atoms. The van der Waals surface area contributed by atoms with Gasteiger partial charge in [-0.25, -0.2) is 19.0 Å². The number of hydrogen-bond donors (Lipinski definition) is 1. The van der Waals surface area contributed by atoms with Gasteiger partial charge in [0.1, 0.15) is 22.9 Å². The monoisotopic (exact) mass is 459 g/mol. The SMILES string of the molecule is O=C(NCc1ccco1)c1cccc(CSc2ncnc3c2cnn3-c2ccc(F)cc2)c1. The van der Waals surface area contributed by atoms with Gasteiger partial charge in [0.05, 0.1) is 30.1 Å². The number of furan rings is 1. The number of hydrogen-bond acceptors (Lipinski definition) is 6. The van der Waals surface area contributed by atoms with Crippen molar-refractivity contribution >= 4 is 28.7 Å². The largest absolute Gasteiger partial charge is 0.467 e. The average Bonchev–Trinajstić information content (AvgIpc) is 3.52. The molecule has 0 aliphatic carbocycles. The molecule has 0 aliphatic rings. The molecule has 0 radical (unpaired) electrons. The highest BCUT2D eigenvalue weighted by molar-refractivity contribution is 7.98. The molecule has 0 fully saturated rings. The maximum absolute atomic E-state index is 13.3. The summed E-state index contributed by atoms with van der Waals surface area (Å²) in [7, 11) is 0. The number of benzene rings is 2. The number of amides is 1. The second kappa shape index (κ2) is 9.25. The highest BCUT2D eigenvalue weighted by atomic mass is 32.2. The molecule has 2 aromatic carbocycles. The first-order chi connectivity index (χ1) is 16.2. The van der Waals surface area contributed by atoms with E-state index in [0.29, 0.717) is 35.0 Å². The van der Waals surface area contributed by atoms with Crippen molar-refractivity contribution in [1.29, 1.82) is 0 Å². The summed E-state index contributed by atoms with van der Waals surface area (Å²) < 4.78 is 20.2. The average molecular weight is 460 g/mol. The Morgan fingerprint density at radius 1 is 1.09 bits per heavy atom. The van der Waals surface area contributed by atoms with Crippen LogP contribution in [-0.2, 0) is 12.3 Å². The van der Waals surface area contributed by atoms with Gasteiger partial charge in [0.15, 0.2) is 5.65 Å². The number of rotatable bonds is 7. The lowest BCUT2D eigenvalue weighted by Crippen LogP contribution is -2.22. The van der Waals surface area contributed by atoms with Crippen molar-refractivity contribution in [2.45, 2.75) is 17.3 Å². The summed E-state index contributed by atoms with van der Waals surface area (Å²) in [6.07, 6.45) is 4.78. The van der Waals surface area contributed by atoms with Crippen molar-refractivity contribution in [2.24, 2.45) is 0 Å². The fourth-order valence-electron chi connectivity index (χ4n) is 3.35. The molecule has 1 N–H and O–H groups in total. The lowest BCUT2D eigenvalue weighted by Gasteiger charge is -2.07. The van der Waals surface area contributed by atoms with Gasteiger partial charge < -0.3 is 9.73 Å². The molecule has 5 aromatic rings. The first kappa shape index (κ1) is 20.9. The molecule has 0 bridgehead atoms. The Labute approximate surface area is 192 Å². The summed E-state index contributed by atoms with van der Waals surface area (Å²) >= 11 is 1.53. The van der Waals surface area contributed by atoms with E-state index in [1.54, 1.807) is 41.4 Å². The maximum atomic E-state index is 13.3. The third-order valence-electron chi connectivity index (χ3n) is 4.97. The molecule has 3 aromatic heterocycles. The second-order valence-electron chi connectivity index (χ2n) is 7.20. The molecule has 3 heterocycles. The van der Waals surface area contributed by atoms with E-state index < -0.39 is 0 Å². The van der Waals surface area contributed by atoms with Crippen molar-refractivity contribution in [3.63, 3.8) is 0 Å². The highest BCUT2D eigenvalue weighted by Crippen LogP contribution is 2.28. The van der Waals surface area contributed by atoms with Crippen LogP contribution in [0.3, 0.4) is 0 Å². The van der Waals surface area contributed by atoms with Gasteiger partial charge in [-0.05, 0) is 54.1 Å². The summed E-state index contributed by atoms with van der Waals surface area (Å²) in [4.78, 5) is 21.2. The quantitative estimate of drug-likeness (QED) is 0.279. The van der Waals surface area contributed by atoms with E-state index >= 15 is 0 Å². The first-order valence-corrected chi connectivity index (χ1v) is 11.1. The molecular formula is C24H18FN5O2S. The predicted molar refractivity (Wildman–Crippen MR) is 122 cm³/mol. The van der Waals surface area contributed by atoms with E-state index in [4.69, 9.17) is 4.42 Å². The minimum absolute atomic E-state index is 0.164. The Balaban J connectivity index is 1.30. The molecule has 5 rings (SSSR count). The molecule has 1 amide bonds. The molecule has 0 unspecified atom stereocenters. The van der Waals surface area contributed by atoms with Crippen molar-refractivity contribution in [1.82, 2.24) is 25.1 Å². The van der Waals surface area contributed by atoms with E-state index in [0.717, 1.165) is 16.0 Å². The number of thioether (sulfide) groups is 1. The van der Waals surface area contributed by atoms with Gasteiger partial charge >= 0.3 is 0 Å². The zero-order valence-electron chi connectivity index (χ0n) is 17.3. The van der Waals surface area contributed by atoms with Crippen LogP contribution in [0.2, 0.25) is 0 Å². The van der Waals surface area contributed by atoms with Crippen LogP contribution in [0.5, 0.6) is 0 Å². The van der Waals surface area contributed by atoms with Crippen LogP contribution in [0, 0.1) is 5.82 Å². The summed E-state index contributed by atoms with van der Waals surface area (Å²) in [5.74, 6) is 0.845. The fourth-order valence-corrected chi connectivity index (χ4v) is 4.25. The van der Waals surface area contributed by atoms with Crippen molar-refractivity contribution in [3.05, 3.63) is 102 Å². The Hall–Kier alpha value is -3.98. The van der Waals surface area contributed by atoms with Crippen molar-refractivity contribution in [2.75, 3.05) is 0 Å². The maximum Gasteiger partial charge on any atom is 0.251 e. The first-order valence-electron chi connectivity index (χ1n) is 10.1. The minimum Gasteiger partial charge on any atom is -0.467 e. The Morgan fingerprint density at radius 3 is 2.79 bits per heavy atom. The van der Waals surface area contributed by atoms with E-state index in [1.807, 2.05) is 24.3 Å². The van der Waals surface area contributed by atoms with Gasteiger partial charge in [0, 0.05) is 11.3 Å². The molecule has 164 valence electrons. The number of nitrogens with one attached hydrogen (secondary N) is 1. The predicted octanol–water partition coefficient (Wildman–Crippen LogP) is 4.77. The summed E-state index contributed by atoms with van der Waals surface area (Å²) in [5, 5.41) is 8.84. The second-order valence-corrected chi connectivity index (χ2v) is 8.16. The van der Waals surface area contributed by atoms with Crippen LogP contribution in [0.4, 0.5) is 4.39 Å². The molecule has 7 nitrogen and oxygen atoms in total. The van der Waals surface area contributed by atoms with Gasteiger partial charge in [-0.3, -0.25) is 4.79 Å². The molecule has 0 saturated heterocycles. The highest BCUT2D eigenvalue weighted by Gasteiger charge is 2.13. The van der Waals surface area contributed by atoms with E-state index in [-0.39, 0.29) is 11.7 Å². The zero-order chi connectivity index (χ0) is 22.6. The summed E-state index contributed by atoms with van der Waals surface area (Å²) in [5.41, 5.74) is 2.93. The van der Waals surface area contributed by atoms with E-state index in [9.17, 15) is 9.18 Å². The number of carbonyl (C=O) groups is 1. The number of nitrogens with zero attached hydrogens (tertiary/aromatic N) is 4. The van der Waals surface area contributed by atoms with Gasteiger partial charge in [0.25, 0.3) is 5.91 Å².